The van der Waals surface area contributed by atoms with Crippen LogP contribution in [0.25, 0.3) is 0 Å². The average molecular weight is 336 g/mol. The van der Waals surface area contributed by atoms with Gasteiger partial charge in [-0.25, -0.2) is 13.1 Å². The summed E-state index contributed by atoms with van der Waals surface area (Å²) in [7, 11) is -1.95. The maximum Gasteiger partial charge on any atom is 0.241 e. The van der Waals surface area contributed by atoms with E-state index in [0.29, 0.717) is 17.9 Å². The molecule has 4 nitrogen and oxygen atoms in total. The Morgan fingerprint density at radius 2 is 2.11 bits per heavy atom. The van der Waals surface area contributed by atoms with Gasteiger partial charge in [-0.15, -0.1) is 0 Å². The van der Waals surface area contributed by atoms with Crippen LogP contribution in [0.1, 0.15) is 18.9 Å². The molecule has 0 saturated carbocycles. The van der Waals surface area contributed by atoms with E-state index in [-0.39, 0.29) is 6.04 Å². The maximum atomic E-state index is 12.3. The lowest BCUT2D eigenvalue weighted by Crippen LogP contribution is -2.37. The average Bonchev–Trinajstić information content (AvgIpc) is 2.31. The minimum absolute atomic E-state index is 0.210. The first-order valence-electron chi connectivity index (χ1n) is 5.68. The van der Waals surface area contributed by atoms with Crippen molar-refractivity contribution < 1.29 is 13.2 Å². The molecule has 0 aliphatic heterocycles. The van der Waals surface area contributed by atoms with E-state index < -0.39 is 10.0 Å². The second-order valence-electron chi connectivity index (χ2n) is 4.09. The van der Waals surface area contributed by atoms with Gasteiger partial charge in [0.1, 0.15) is 0 Å². The second kappa shape index (κ2) is 6.65. The number of sulfonamides is 1. The van der Waals surface area contributed by atoms with Crippen LogP contribution in [-0.2, 0) is 14.8 Å². The Bertz CT molecular complexity index is 502. The lowest BCUT2D eigenvalue weighted by atomic mass is 10.2. The molecular weight excluding hydrogens is 318 g/mol. The third kappa shape index (κ3) is 4.05. The van der Waals surface area contributed by atoms with Crippen molar-refractivity contribution in [2.24, 2.45) is 0 Å². The highest BCUT2D eigenvalue weighted by atomic mass is 79.9. The number of hydrogen-bond acceptors (Lipinski definition) is 3. The fraction of sp³-hybridized carbons (Fsp3) is 0.500. The number of hydrogen-bond donors (Lipinski definition) is 1. The topological polar surface area (TPSA) is 55.4 Å². The van der Waals surface area contributed by atoms with Crippen molar-refractivity contribution in [1.82, 2.24) is 4.72 Å². The van der Waals surface area contributed by atoms with Crippen LogP contribution in [0, 0.1) is 6.92 Å². The number of halogens is 1. The number of rotatable bonds is 6. The summed E-state index contributed by atoms with van der Waals surface area (Å²) in [5, 5.41) is 0. The quantitative estimate of drug-likeness (QED) is 0.868. The molecule has 0 amide bonds. The number of ether oxygens (including phenoxy) is 1. The van der Waals surface area contributed by atoms with Crippen molar-refractivity contribution in [1.29, 1.82) is 0 Å². The van der Waals surface area contributed by atoms with E-state index in [1.165, 1.54) is 0 Å². The van der Waals surface area contributed by atoms with Gasteiger partial charge in [0.05, 0.1) is 11.5 Å². The molecule has 0 aliphatic carbocycles. The summed E-state index contributed by atoms with van der Waals surface area (Å²) in [6.45, 7) is 4.06. The van der Waals surface area contributed by atoms with E-state index in [1.807, 2.05) is 13.0 Å². The molecule has 0 bridgehead atoms. The molecule has 0 heterocycles. The summed E-state index contributed by atoms with van der Waals surface area (Å²) < 4.78 is 32.9. The molecule has 0 radical (unpaired) electrons. The van der Waals surface area contributed by atoms with E-state index in [2.05, 4.69) is 20.7 Å². The highest BCUT2D eigenvalue weighted by Crippen LogP contribution is 2.20. The summed E-state index contributed by atoms with van der Waals surface area (Å²) in [5.41, 5.74) is 0.720. The molecule has 0 saturated heterocycles. The molecular formula is C12H18BrNO3S. The predicted octanol–water partition coefficient (Wildman–Crippen LogP) is 2.46. The fourth-order valence-electron chi connectivity index (χ4n) is 1.58. The molecule has 1 aromatic rings. The van der Waals surface area contributed by atoms with Crippen molar-refractivity contribution in [3.05, 3.63) is 28.2 Å². The monoisotopic (exact) mass is 335 g/mol. The Labute approximate surface area is 117 Å². The van der Waals surface area contributed by atoms with Crippen LogP contribution < -0.4 is 4.72 Å². The molecule has 1 N–H and O–H groups in total. The van der Waals surface area contributed by atoms with Gasteiger partial charge in [0.25, 0.3) is 0 Å². The van der Waals surface area contributed by atoms with E-state index in [9.17, 15) is 8.42 Å². The van der Waals surface area contributed by atoms with Crippen LogP contribution >= 0.6 is 15.9 Å². The van der Waals surface area contributed by atoms with Gasteiger partial charge >= 0.3 is 0 Å². The van der Waals surface area contributed by atoms with Gasteiger partial charge in [0.2, 0.25) is 10.0 Å². The molecule has 1 rings (SSSR count). The lowest BCUT2D eigenvalue weighted by Gasteiger charge is -2.17. The smallest absolute Gasteiger partial charge is 0.241 e. The number of nitrogens with one attached hydrogen (secondary N) is 1. The highest BCUT2D eigenvalue weighted by molar-refractivity contribution is 9.10. The SMILES string of the molecule is CCC(COC)NS(=O)(=O)c1cc(Br)ccc1C. The van der Waals surface area contributed by atoms with Gasteiger partial charge in [-0.2, -0.15) is 0 Å². The summed E-state index contributed by atoms with van der Waals surface area (Å²) in [6, 6.07) is 4.99. The van der Waals surface area contributed by atoms with Gasteiger partial charge in [-0.3, -0.25) is 0 Å². The van der Waals surface area contributed by atoms with Crippen LogP contribution in [0.15, 0.2) is 27.6 Å². The number of aryl methyl sites for hydroxylation is 1. The molecule has 1 atom stereocenters. The lowest BCUT2D eigenvalue weighted by molar-refractivity contribution is 0.173. The number of methoxy groups -OCH3 is 1. The van der Waals surface area contributed by atoms with Gasteiger partial charge in [-0.05, 0) is 31.0 Å². The standard InChI is InChI=1S/C12H18BrNO3S/c1-4-11(8-17-3)14-18(15,16)12-7-10(13)6-5-9(12)2/h5-7,11,14H,4,8H2,1-3H3. The van der Waals surface area contributed by atoms with Gasteiger partial charge in [0.15, 0.2) is 0 Å². The summed E-state index contributed by atoms with van der Waals surface area (Å²) in [4.78, 5) is 0.298. The van der Waals surface area contributed by atoms with Crippen molar-refractivity contribution in [3.8, 4) is 0 Å². The maximum absolute atomic E-state index is 12.3. The third-order valence-electron chi connectivity index (χ3n) is 2.62. The van der Waals surface area contributed by atoms with Crippen LogP contribution in [0.5, 0.6) is 0 Å². The molecule has 0 spiro atoms. The molecule has 1 unspecified atom stereocenters. The van der Waals surface area contributed by atoms with Gasteiger partial charge in [-0.1, -0.05) is 28.9 Å². The Kier molecular flexibility index (Phi) is 5.78. The Hall–Kier alpha value is -0.430. The van der Waals surface area contributed by atoms with Crippen molar-refractivity contribution >= 4 is 26.0 Å². The van der Waals surface area contributed by atoms with Gasteiger partial charge < -0.3 is 4.74 Å². The van der Waals surface area contributed by atoms with Crippen molar-refractivity contribution in [2.75, 3.05) is 13.7 Å². The van der Waals surface area contributed by atoms with Crippen molar-refractivity contribution in [3.63, 3.8) is 0 Å². The molecule has 102 valence electrons. The zero-order valence-electron chi connectivity index (χ0n) is 10.7. The summed E-state index contributed by atoms with van der Waals surface area (Å²) in [6.07, 6.45) is 0.681. The summed E-state index contributed by atoms with van der Waals surface area (Å²) in [5.74, 6) is 0. The first-order valence-corrected chi connectivity index (χ1v) is 7.95. The largest absolute Gasteiger partial charge is 0.383 e. The minimum Gasteiger partial charge on any atom is -0.383 e. The normalized spacial score (nSPS) is 13.6. The molecule has 0 aliphatic rings. The Morgan fingerprint density at radius 1 is 1.44 bits per heavy atom. The zero-order chi connectivity index (χ0) is 13.8. The predicted molar refractivity (Wildman–Crippen MR) is 75.2 cm³/mol. The Balaban J connectivity index is 3.02. The van der Waals surface area contributed by atoms with E-state index >= 15 is 0 Å². The van der Waals surface area contributed by atoms with Crippen LogP contribution in [0.2, 0.25) is 0 Å². The van der Waals surface area contributed by atoms with Gasteiger partial charge in [0, 0.05) is 17.6 Å². The Morgan fingerprint density at radius 3 is 2.67 bits per heavy atom. The van der Waals surface area contributed by atoms with E-state index in [0.717, 1.165) is 10.0 Å². The molecule has 6 heteroatoms. The molecule has 18 heavy (non-hydrogen) atoms. The van der Waals surface area contributed by atoms with E-state index in [4.69, 9.17) is 4.74 Å². The molecule has 0 aromatic heterocycles. The molecule has 0 fully saturated rings. The van der Waals surface area contributed by atoms with E-state index in [1.54, 1.807) is 26.2 Å². The van der Waals surface area contributed by atoms with Crippen LogP contribution in [0.3, 0.4) is 0 Å². The number of benzene rings is 1. The van der Waals surface area contributed by atoms with Crippen LogP contribution in [-0.4, -0.2) is 28.2 Å². The minimum atomic E-state index is -3.51. The first kappa shape index (κ1) is 15.6. The highest BCUT2D eigenvalue weighted by Gasteiger charge is 2.21. The second-order valence-corrected chi connectivity index (χ2v) is 6.69. The third-order valence-corrected chi connectivity index (χ3v) is 4.78. The van der Waals surface area contributed by atoms with Crippen LogP contribution in [0.4, 0.5) is 0 Å². The van der Waals surface area contributed by atoms with Crippen molar-refractivity contribution in [2.45, 2.75) is 31.2 Å². The summed E-state index contributed by atoms with van der Waals surface area (Å²) >= 11 is 3.29. The first-order chi connectivity index (χ1) is 8.40. The molecule has 1 aromatic carbocycles. The zero-order valence-corrected chi connectivity index (χ0v) is 13.1. The fourth-order valence-corrected chi connectivity index (χ4v) is 3.67.